The molecule has 0 spiro atoms. The predicted octanol–water partition coefficient (Wildman–Crippen LogP) is 4.50. The molecule has 1 aliphatic heterocycles. The third-order valence-electron chi connectivity index (χ3n) is 6.09. The molecule has 2 amide bonds. The van der Waals surface area contributed by atoms with E-state index in [0.717, 1.165) is 5.56 Å². The minimum Gasteiger partial charge on any atom is -0.490 e. The molecule has 1 N–H and O–H groups in total. The van der Waals surface area contributed by atoms with E-state index in [-0.39, 0.29) is 35.7 Å². The first-order valence-corrected chi connectivity index (χ1v) is 11.4. The van der Waals surface area contributed by atoms with Gasteiger partial charge >= 0.3 is 6.09 Å². The van der Waals surface area contributed by atoms with Crippen molar-refractivity contribution in [2.24, 2.45) is 5.92 Å². The quantitative estimate of drug-likeness (QED) is 0.722. The molecule has 2 atom stereocenters. The van der Waals surface area contributed by atoms with Gasteiger partial charge in [-0.3, -0.25) is 4.79 Å². The third kappa shape index (κ3) is 5.83. The zero-order chi connectivity index (χ0) is 23.6. The molecule has 7 heteroatoms. The van der Waals surface area contributed by atoms with E-state index in [2.05, 4.69) is 5.32 Å². The number of ether oxygens (including phenoxy) is 2. The summed E-state index contributed by atoms with van der Waals surface area (Å²) in [7, 11) is 0. The van der Waals surface area contributed by atoms with Crippen LogP contribution in [0.3, 0.4) is 0 Å². The molecule has 1 aliphatic carbocycles. The molecule has 2 aromatic carbocycles. The van der Waals surface area contributed by atoms with Crippen LogP contribution in [-0.2, 0) is 9.53 Å². The summed E-state index contributed by atoms with van der Waals surface area (Å²) in [5, 5.41) is 3.13. The van der Waals surface area contributed by atoms with Crippen LogP contribution in [0.1, 0.15) is 45.1 Å². The topological polar surface area (TPSA) is 67.9 Å². The van der Waals surface area contributed by atoms with Crippen LogP contribution in [0.2, 0.25) is 0 Å². The Bertz CT molecular complexity index is 968. The molecule has 2 aliphatic rings. The maximum Gasteiger partial charge on any atom is 0.410 e. The van der Waals surface area contributed by atoms with Crippen molar-refractivity contribution >= 4 is 12.0 Å². The number of carbonyl (C=O) groups is 2. The zero-order valence-electron chi connectivity index (χ0n) is 19.3. The third-order valence-corrected chi connectivity index (χ3v) is 6.09. The summed E-state index contributed by atoms with van der Waals surface area (Å²) in [4.78, 5) is 27.5. The van der Waals surface area contributed by atoms with Crippen LogP contribution in [0.25, 0.3) is 0 Å². The van der Waals surface area contributed by atoms with E-state index in [1.165, 1.54) is 12.1 Å². The van der Waals surface area contributed by atoms with E-state index in [0.29, 0.717) is 31.7 Å². The lowest BCUT2D eigenvalue weighted by Crippen LogP contribution is -2.51. The van der Waals surface area contributed by atoms with Crippen molar-refractivity contribution in [3.8, 4) is 5.75 Å². The van der Waals surface area contributed by atoms with E-state index in [1.807, 2.05) is 51.1 Å². The molecule has 0 aromatic heterocycles. The van der Waals surface area contributed by atoms with Crippen molar-refractivity contribution in [3.05, 3.63) is 66.0 Å². The molecule has 1 saturated carbocycles. The second-order valence-electron chi connectivity index (χ2n) is 9.88. The molecule has 0 radical (unpaired) electrons. The Morgan fingerprint density at radius 2 is 1.67 bits per heavy atom. The number of benzene rings is 2. The van der Waals surface area contributed by atoms with Gasteiger partial charge < -0.3 is 19.7 Å². The molecular weight excluding hydrogens is 423 g/mol. The smallest absolute Gasteiger partial charge is 0.410 e. The molecule has 1 saturated heterocycles. The highest BCUT2D eigenvalue weighted by Gasteiger charge is 2.43. The number of hydrogen-bond donors (Lipinski definition) is 1. The Morgan fingerprint density at radius 3 is 2.30 bits per heavy atom. The van der Waals surface area contributed by atoms with Gasteiger partial charge in [-0.2, -0.15) is 0 Å². The molecular formula is C26H31FN2O4. The maximum atomic E-state index is 13.2. The maximum absolute atomic E-state index is 13.2. The predicted molar refractivity (Wildman–Crippen MR) is 122 cm³/mol. The molecule has 0 unspecified atom stereocenters. The summed E-state index contributed by atoms with van der Waals surface area (Å²) >= 11 is 0. The van der Waals surface area contributed by atoms with Crippen LogP contribution in [0.4, 0.5) is 9.18 Å². The Hall–Kier alpha value is -3.09. The normalized spacial score (nSPS) is 24.7. The highest BCUT2D eigenvalue weighted by atomic mass is 19.1. The molecule has 4 rings (SSSR count). The van der Waals surface area contributed by atoms with E-state index in [9.17, 15) is 14.0 Å². The fourth-order valence-electron chi connectivity index (χ4n) is 4.38. The Labute approximate surface area is 194 Å². The first kappa shape index (κ1) is 23.1. The van der Waals surface area contributed by atoms with Crippen LogP contribution in [-0.4, -0.2) is 47.7 Å². The van der Waals surface area contributed by atoms with Gasteiger partial charge in [0.15, 0.2) is 0 Å². The number of amides is 2. The van der Waals surface area contributed by atoms with Crippen molar-refractivity contribution in [1.29, 1.82) is 0 Å². The lowest BCUT2D eigenvalue weighted by atomic mass is 9.85. The molecule has 2 aromatic rings. The van der Waals surface area contributed by atoms with Crippen LogP contribution >= 0.6 is 0 Å². The fraction of sp³-hybridized carbons (Fsp3) is 0.462. The highest BCUT2D eigenvalue weighted by Crippen LogP contribution is 2.35. The van der Waals surface area contributed by atoms with Crippen molar-refractivity contribution in [2.75, 3.05) is 13.1 Å². The monoisotopic (exact) mass is 454 g/mol. The molecule has 2 fully saturated rings. The summed E-state index contributed by atoms with van der Waals surface area (Å²) in [6.07, 6.45) is 0.992. The van der Waals surface area contributed by atoms with Crippen molar-refractivity contribution in [3.63, 3.8) is 0 Å². The number of hydrogen-bond acceptors (Lipinski definition) is 4. The first-order valence-electron chi connectivity index (χ1n) is 11.4. The number of likely N-dealkylation sites (tertiary alicyclic amines) is 1. The van der Waals surface area contributed by atoms with Gasteiger partial charge in [-0.25, -0.2) is 9.18 Å². The first-order chi connectivity index (χ1) is 15.7. The zero-order valence-corrected chi connectivity index (χ0v) is 19.3. The summed E-state index contributed by atoms with van der Waals surface area (Å²) in [6.45, 7) is 6.27. The van der Waals surface area contributed by atoms with Gasteiger partial charge in [0, 0.05) is 37.9 Å². The number of nitrogens with one attached hydrogen (secondary N) is 1. The van der Waals surface area contributed by atoms with E-state index in [4.69, 9.17) is 9.47 Å². The van der Waals surface area contributed by atoms with Crippen LogP contribution in [0, 0.1) is 11.7 Å². The van der Waals surface area contributed by atoms with Gasteiger partial charge in [0.1, 0.15) is 23.3 Å². The SMILES string of the molecule is CC(C)(C)OC(=O)N1C[C@@H](C(=O)NC2CC(Oc3ccc(F)cc3)C2)[C@H](c2ccccc2)C1. The number of rotatable bonds is 5. The Balaban J connectivity index is 1.36. The van der Waals surface area contributed by atoms with Crippen LogP contribution < -0.4 is 10.1 Å². The van der Waals surface area contributed by atoms with Gasteiger partial charge in [-0.15, -0.1) is 0 Å². The van der Waals surface area contributed by atoms with Gasteiger partial charge in [0.25, 0.3) is 0 Å². The number of halogens is 1. The summed E-state index contributed by atoms with van der Waals surface area (Å²) in [5.41, 5.74) is 0.445. The lowest BCUT2D eigenvalue weighted by Gasteiger charge is -2.36. The summed E-state index contributed by atoms with van der Waals surface area (Å²) < 4.78 is 24.4. The lowest BCUT2D eigenvalue weighted by molar-refractivity contribution is -0.126. The van der Waals surface area contributed by atoms with Gasteiger partial charge in [-0.1, -0.05) is 30.3 Å². The summed E-state index contributed by atoms with van der Waals surface area (Å²) in [5.74, 6) is -0.174. The Kier molecular flexibility index (Phi) is 6.58. The fourth-order valence-corrected chi connectivity index (χ4v) is 4.38. The largest absolute Gasteiger partial charge is 0.490 e. The number of nitrogens with zero attached hydrogens (tertiary/aromatic N) is 1. The molecule has 6 nitrogen and oxygen atoms in total. The second kappa shape index (κ2) is 9.41. The van der Waals surface area contributed by atoms with Gasteiger partial charge in [0.05, 0.1) is 5.92 Å². The van der Waals surface area contributed by atoms with Gasteiger partial charge in [0.2, 0.25) is 5.91 Å². The minimum atomic E-state index is -0.592. The van der Waals surface area contributed by atoms with Crippen molar-refractivity contribution in [1.82, 2.24) is 10.2 Å². The average Bonchev–Trinajstić information content (AvgIpc) is 3.19. The highest BCUT2D eigenvalue weighted by molar-refractivity contribution is 5.82. The minimum absolute atomic E-state index is 0.00692. The standard InChI is InChI=1S/C26H31FN2O4/c1-26(2,3)33-25(31)29-15-22(17-7-5-4-6-8-17)23(16-29)24(30)28-19-13-21(14-19)32-20-11-9-18(27)10-12-20/h4-12,19,21-23H,13-16H2,1-3H3,(H,28,30)/t19?,21?,22-,23+/m0/s1. The van der Waals surface area contributed by atoms with E-state index < -0.39 is 11.7 Å². The molecule has 0 bridgehead atoms. The van der Waals surface area contributed by atoms with Crippen LogP contribution in [0.15, 0.2) is 54.6 Å². The summed E-state index contributed by atoms with van der Waals surface area (Å²) in [6, 6.07) is 15.8. The van der Waals surface area contributed by atoms with E-state index >= 15 is 0 Å². The Morgan fingerprint density at radius 1 is 1.00 bits per heavy atom. The molecule has 33 heavy (non-hydrogen) atoms. The average molecular weight is 455 g/mol. The van der Waals surface area contributed by atoms with E-state index in [1.54, 1.807) is 17.0 Å². The second-order valence-corrected chi connectivity index (χ2v) is 9.88. The molecule has 1 heterocycles. The van der Waals surface area contributed by atoms with Gasteiger partial charge in [-0.05, 0) is 50.6 Å². The molecule has 176 valence electrons. The van der Waals surface area contributed by atoms with Crippen molar-refractivity contribution in [2.45, 2.75) is 57.3 Å². The number of carbonyl (C=O) groups excluding carboxylic acids is 2. The van der Waals surface area contributed by atoms with Crippen LogP contribution in [0.5, 0.6) is 5.75 Å². The van der Waals surface area contributed by atoms with Crippen molar-refractivity contribution < 1.29 is 23.5 Å².